The Balaban J connectivity index is 0.00000128. The van der Waals surface area contributed by atoms with Crippen LogP contribution in [0.15, 0.2) is 24.3 Å². The molecule has 1 saturated heterocycles. The monoisotopic (exact) mass is 352 g/mol. The SMILES string of the molecule is Cl.NCC1CCCN1Cc1ccc(I)cc1. The van der Waals surface area contributed by atoms with Crippen molar-refractivity contribution in [2.24, 2.45) is 5.73 Å². The van der Waals surface area contributed by atoms with Crippen LogP contribution in [0.3, 0.4) is 0 Å². The number of rotatable bonds is 3. The predicted molar refractivity (Wildman–Crippen MR) is 78.9 cm³/mol. The Morgan fingerprint density at radius 2 is 2.00 bits per heavy atom. The Bertz CT molecular complexity index is 315. The molecule has 0 amide bonds. The molecule has 1 unspecified atom stereocenters. The minimum Gasteiger partial charge on any atom is -0.329 e. The molecule has 4 heteroatoms. The minimum atomic E-state index is 0. The number of nitrogens with two attached hydrogens (primary N) is 1. The highest BCUT2D eigenvalue weighted by atomic mass is 127. The zero-order valence-corrected chi connectivity index (χ0v) is 12.2. The van der Waals surface area contributed by atoms with Crippen LogP contribution < -0.4 is 5.73 Å². The zero-order valence-electron chi connectivity index (χ0n) is 9.23. The molecule has 90 valence electrons. The van der Waals surface area contributed by atoms with Crippen LogP contribution in [0.4, 0.5) is 0 Å². The summed E-state index contributed by atoms with van der Waals surface area (Å²) in [6.45, 7) is 3.05. The van der Waals surface area contributed by atoms with E-state index in [2.05, 4.69) is 51.8 Å². The number of hydrogen-bond donors (Lipinski definition) is 1. The van der Waals surface area contributed by atoms with Gasteiger partial charge in [0, 0.05) is 22.7 Å². The van der Waals surface area contributed by atoms with Crippen molar-refractivity contribution in [1.82, 2.24) is 4.90 Å². The van der Waals surface area contributed by atoms with Crippen LogP contribution in [0.5, 0.6) is 0 Å². The van der Waals surface area contributed by atoms with Gasteiger partial charge in [-0.2, -0.15) is 0 Å². The summed E-state index contributed by atoms with van der Waals surface area (Å²) in [4.78, 5) is 2.50. The van der Waals surface area contributed by atoms with Crippen LogP contribution in [-0.2, 0) is 6.54 Å². The lowest BCUT2D eigenvalue weighted by Gasteiger charge is -2.23. The highest BCUT2D eigenvalue weighted by Gasteiger charge is 2.22. The van der Waals surface area contributed by atoms with Gasteiger partial charge in [-0.25, -0.2) is 0 Å². The average Bonchev–Trinajstić information content (AvgIpc) is 2.69. The smallest absolute Gasteiger partial charge is 0.0237 e. The van der Waals surface area contributed by atoms with Crippen LogP contribution >= 0.6 is 35.0 Å². The standard InChI is InChI=1S/C12H17IN2.ClH/c13-11-5-3-10(4-6-11)9-15-7-1-2-12(15)8-14;/h3-6,12H,1-2,7-9,14H2;1H. The van der Waals surface area contributed by atoms with Gasteiger partial charge in [0.25, 0.3) is 0 Å². The quantitative estimate of drug-likeness (QED) is 0.848. The highest BCUT2D eigenvalue weighted by Crippen LogP contribution is 2.19. The minimum absolute atomic E-state index is 0. The number of nitrogens with zero attached hydrogens (tertiary/aromatic N) is 1. The summed E-state index contributed by atoms with van der Waals surface area (Å²) in [5.41, 5.74) is 7.16. The summed E-state index contributed by atoms with van der Waals surface area (Å²) in [5, 5.41) is 0. The highest BCUT2D eigenvalue weighted by molar-refractivity contribution is 14.1. The van der Waals surface area contributed by atoms with Crippen LogP contribution in [-0.4, -0.2) is 24.0 Å². The summed E-state index contributed by atoms with van der Waals surface area (Å²) < 4.78 is 1.30. The van der Waals surface area contributed by atoms with Gasteiger partial charge in [-0.05, 0) is 59.7 Å². The average molecular weight is 353 g/mol. The van der Waals surface area contributed by atoms with Gasteiger partial charge in [0.2, 0.25) is 0 Å². The molecule has 0 bridgehead atoms. The molecular formula is C12H18ClIN2. The van der Waals surface area contributed by atoms with E-state index in [0.29, 0.717) is 6.04 Å². The number of hydrogen-bond acceptors (Lipinski definition) is 2. The second-order valence-electron chi connectivity index (χ2n) is 4.13. The van der Waals surface area contributed by atoms with Gasteiger partial charge in [-0.3, -0.25) is 4.90 Å². The first-order valence-electron chi connectivity index (χ1n) is 5.48. The summed E-state index contributed by atoms with van der Waals surface area (Å²) in [7, 11) is 0. The van der Waals surface area contributed by atoms with Crippen LogP contribution in [0, 0.1) is 3.57 Å². The lowest BCUT2D eigenvalue weighted by Crippen LogP contribution is -2.34. The molecule has 1 heterocycles. The van der Waals surface area contributed by atoms with Crippen molar-refractivity contribution < 1.29 is 0 Å². The van der Waals surface area contributed by atoms with Crippen LogP contribution in [0.2, 0.25) is 0 Å². The maximum atomic E-state index is 5.76. The van der Waals surface area contributed by atoms with Crippen molar-refractivity contribution in [2.45, 2.75) is 25.4 Å². The first-order valence-corrected chi connectivity index (χ1v) is 6.56. The molecule has 1 aliphatic rings. The summed E-state index contributed by atoms with van der Waals surface area (Å²) in [5.74, 6) is 0. The van der Waals surface area contributed by atoms with Gasteiger partial charge >= 0.3 is 0 Å². The van der Waals surface area contributed by atoms with E-state index in [4.69, 9.17) is 5.73 Å². The molecule has 0 spiro atoms. The van der Waals surface area contributed by atoms with Crippen molar-refractivity contribution in [3.05, 3.63) is 33.4 Å². The van der Waals surface area contributed by atoms with Crippen molar-refractivity contribution in [2.75, 3.05) is 13.1 Å². The van der Waals surface area contributed by atoms with E-state index >= 15 is 0 Å². The largest absolute Gasteiger partial charge is 0.329 e. The van der Waals surface area contributed by atoms with E-state index < -0.39 is 0 Å². The maximum absolute atomic E-state index is 5.76. The second-order valence-corrected chi connectivity index (χ2v) is 5.37. The molecule has 0 aromatic heterocycles. The van der Waals surface area contributed by atoms with E-state index in [9.17, 15) is 0 Å². The molecule has 0 aliphatic carbocycles. The molecule has 1 atom stereocenters. The Morgan fingerprint density at radius 3 is 2.62 bits per heavy atom. The van der Waals surface area contributed by atoms with E-state index in [-0.39, 0.29) is 12.4 Å². The first-order chi connectivity index (χ1) is 7.29. The van der Waals surface area contributed by atoms with E-state index in [1.165, 1.54) is 28.5 Å². The fraction of sp³-hybridized carbons (Fsp3) is 0.500. The summed E-state index contributed by atoms with van der Waals surface area (Å²) >= 11 is 2.34. The lowest BCUT2D eigenvalue weighted by molar-refractivity contribution is 0.250. The van der Waals surface area contributed by atoms with E-state index in [1.54, 1.807) is 0 Å². The molecular weight excluding hydrogens is 335 g/mol. The van der Waals surface area contributed by atoms with Crippen molar-refractivity contribution >= 4 is 35.0 Å². The second kappa shape index (κ2) is 6.79. The molecule has 2 rings (SSSR count). The fourth-order valence-corrected chi connectivity index (χ4v) is 2.55. The predicted octanol–water partition coefficient (Wildman–Crippen LogP) is 2.64. The Labute approximate surface area is 117 Å². The van der Waals surface area contributed by atoms with Crippen LogP contribution in [0.25, 0.3) is 0 Å². The van der Waals surface area contributed by atoms with Crippen LogP contribution in [0.1, 0.15) is 18.4 Å². The van der Waals surface area contributed by atoms with Crippen molar-refractivity contribution in [3.63, 3.8) is 0 Å². The summed E-state index contributed by atoms with van der Waals surface area (Å²) in [6, 6.07) is 9.37. The molecule has 1 fully saturated rings. The third kappa shape index (κ3) is 3.58. The van der Waals surface area contributed by atoms with Gasteiger partial charge in [0.05, 0.1) is 0 Å². The van der Waals surface area contributed by atoms with Gasteiger partial charge in [-0.15, -0.1) is 12.4 Å². The van der Waals surface area contributed by atoms with E-state index in [1.807, 2.05) is 0 Å². The van der Waals surface area contributed by atoms with Gasteiger partial charge in [0.15, 0.2) is 0 Å². The number of likely N-dealkylation sites (tertiary alicyclic amines) is 1. The molecule has 1 aliphatic heterocycles. The molecule has 2 N–H and O–H groups in total. The van der Waals surface area contributed by atoms with Gasteiger partial charge < -0.3 is 5.73 Å². The number of halogens is 2. The molecule has 1 aromatic rings. The van der Waals surface area contributed by atoms with Gasteiger partial charge in [0.1, 0.15) is 0 Å². The van der Waals surface area contributed by atoms with Crippen molar-refractivity contribution in [1.29, 1.82) is 0 Å². The summed E-state index contributed by atoms with van der Waals surface area (Å²) in [6.07, 6.45) is 2.56. The maximum Gasteiger partial charge on any atom is 0.0237 e. The molecule has 0 saturated carbocycles. The normalized spacial score (nSPS) is 20.8. The third-order valence-electron chi connectivity index (χ3n) is 3.07. The Morgan fingerprint density at radius 1 is 1.31 bits per heavy atom. The number of benzene rings is 1. The Hall–Kier alpha value is 0.160. The first kappa shape index (κ1) is 14.2. The Kier molecular flexibility index (Phi) is 6.03. The lowest BCUT2D eigenvalue weighted by atomic mass is 10.2. The molecule has 16 heavy (non-hydrogen) atoms. The molecule has 2 nitrogen and oxygen atoms in total. The van der Waals surface area contributed by atoms with Gasteiger partial charge in [-0.1, -0.05) is 12.1 Å². The third-order valence-corrected chi connectivity index (χ3v) is 3.79. The fourth-order valence-electron chi connectivity index (χ4n) is 2.19. The van der Waals surface area contributed by atoms with Crippen molar-refractivity contribution in [3.8, 4) is 0 Å². The topological polar surface area (TPSA) is 29.3 Å². The molecule has 1 aromatic carbocycles. The van der Waals surface area contributed by atoms with E-state index in [0.717, 1.165) is 13.1 Å². The molecule has 0 radical (unpaired) electrons. The zero-order chi connectivity index (χ0) is 10.7.